The van der Waals surface area contributed by atoms with Gasteiger partial charge in [-0.1, -0.05) is 13.8 Å². The maximum Gasteiger partial charge on any atom is 0.208 e. The Kier molecular flexibility index (Phi) is 5.63. The van der Waals surface area contributed by atoms with Crippen LogP contribution in [0.2, 0.25) is 0 Å². The molecule has 0 aliphatic carbocycles. The number of aromatic nitrogens is 1. The molecule has 2 heterocycles. The van der Waals surface area contributed by atoms with Crippen molar-refractivity contribution < 1.29 is 12.8 Å². The van der Waals surface area contributed by atoms with Gasteiger partial charge in [-0.3, -0.25) is 4.90 Å². The van der Waals surface area contributed by atoms with Crippen molar-refractivity contribution in [3.05, 3.63) is 17.8 Å². The van der Waals surface area contributed by atoms with Gasteiger partial charge in [0.1, 0.15) is 15.6 Å². The smallest absolute Gasteiger partial charge is 0.208 e. The van der Waals surface area contributed by atoms with Crippen molar-refractivity contribution in [2.75, 3.05) is 38.7 Å². The third-order valence-electron chi connectivity index (χ3n) is 4.17. The van der Waals surface area contributed by atoms with E-state index in [0.717, 1.165) is 31.2 Å². The number of sulfone groups is 1. The molecule has 0 bridgehead atoms. The minimum absolute atomic E-state index is 0.237. The second-order valence-corrected chi connectivity index (χ2v) is 8.86. The highest BCUT2D eigenvalue weighted by Crippen LogP contribution is 2.19. The average molecular weight is 329 g/mol. The van der Waals surface area contributed by atoms with Gasteiger partial charge in [-0.15, -0.1) is 0 Å². The molecule has 7 heteroatoms. The van der Waals surface area contributed by atoms with E-state index < -0.39 is 9.84 Å². The first-order valence-corrected chi connectivity index (χ1v) is 9.85. The van der Waals surface area contributed by atoms with Crippen LogP contribution in [0, 0.1) is 0 Å². The lowest BCUT2D eigenvalue weighted by Crippen LogP contribution is -2.35. The number of nitrogens with zero attached hydrogens (tertiary/aromatic N) is 3. The van der Waals surface area contributed by atoms with Crippen molar-refractivity contribution in [1.82, 2.24) is 14.8 Å². The van der Waals surface area contributed by atoms with Gasteiger partial charge < -0.3 is 9.32 Å². The van der Waals surface area contributed by atoms with E-state index in [1.54, 1.807) is 6.20 Å². The number of rotatable bonds is 7. The van der Waals surface area contributed by atoms with Crippen LogP contribution in [-0.4, -0.2) is 67.9 Å². The Balaban J connectivity index is 1.82. The molecule has 0 saturated carbocycles. The van der Waals surface area contributed by atoms with Crippen LogP contribution in [-0.2, 0) is 16.4 Å². The molecule has 0 radical (unpaired) electrons. The van der Waals surface area contributed by atoms with Gasteiger partial charge in [0.15, 0.2) is 0 Å². The fraction of sp³-hybridized carbons (Fsp3) is 0.800. The Morgan fingerprint density at radius 2 is 2.23 bits per heavy atom. The van der Waals surface area contributed by atoms with Gasteiger partial charge >= 0.3 is 0 Å². The monoisotopic (exact) mass is 329 g/mol. The second kappa shape index (κ2) is 7.10. The van der Waals surface area contributed by atoms with Gasteiger partial charge in [0.25, 0.3) is 0 Å². The van der Waals surface area contributed by atoms with Crippen LogP contribution in [0.1, 0.15) is 37.8 Å². The Bertz CT molecular complexity index is 583. The molecule has 22 heavy (non-hydrogen) atoms. The fourth-order valence-corrected chi connectivity index (χ4v) is 3.27. The topological polar surface area (TPSA) is 66.7 Å². The minimum atomic E-state index is -2.88. The number of likely N-dealkylation sites (N-methyl/N-ethyl adjacent to an activating group) is 1. The lowest BCUT2D eigenvalue weighted by atomic mass is 10.2. The summed E-state index contributed by atoms with van der Waals surface area (Å²) in [5.74, 6) is 2.26. The van der Waals surface area contributed by atoms with E-state index in [0.29, 0.717) is 25.0 Å². The standard InChI is InChI=1S/C15H27N3O3S/c1-12(2)14-9-16-15(21-14)11-17(3)13-5-6-18(10-13)7-8-22(4,19)20/h9,12-13H,5-8,10-11H2,1-4H3/t13-/m0/s1. The fourth-order valence-electron chi connectivity index (χ4n) is 2.68. The van der Waals surface area contributed by atoms with E-state index in [1.807, 2.05) is 0 Å². The number of hydrogen-bond acceptors (Lipinski definition) is 6. The van der Waals surface area contributed by atoms with Gasteiger partial charge in [0.05, 0.1) is 18.5 Å². The molecule has 1 aromatic heterocycles. The highest BCUT2D eigenvalue weighted by molar-refractivity contribution is 7.90. The molecule has 0 unspecified atom stereocenters. The van der Waals surface area contributed by atoms with Crippen molar-refractivity contribution in [2.24, 2.45) is 0 Å². The molecule has 1 fully saturated rings. The predicted octanol–water partition coefficient (Wildman–Crippen LogP) is 1.35. The van der Waals surface area contributed by atoms with Crippen LogP contribution in [0.25, 0.3) is 0 Å². The van der Waals surface area contributed by atoms with E-state index in [-0.39, 0.29) is 5.75 Å². The molecular formula is C15H27N3O3S. The first-order valence-electron chi connectivity index (χ1n) is 7.79. The molecule has 0 spiro atoms. The largest absolute Gasteiger partial charge is 0.444 e. The van der Waals surface area contributed by atoms with Crippen molar-refractivity contribution in [3.63, 3.8) is 0 Å². The molecule has 126 valence electrons. The summed E-state index contributed by atoms with van der Waals surface area (Å²) in [5, 5.41) is 0. The lowest BCUT2D eigenvalue weighted by Gasteiger charge is -2.23. The summed E-state index contributed by atoms with van der Waals surface area (Å²) in [7, 11) is -0.810. The normalized spacial score (nSPS) is 20.4. The minimum Gasteiger partial charge on any atom is -0.444 e. The first kappa shape index (κ1) is 17.4. The number of hydrogen-bond donors (Lipinski definition) is 0. The summed E-state index contributed by atoms with van der Waals surface area (Å²) in [6.07, 6.45) is 4.15. The van der Waals surface area contributed by atoms with Gasteiger partial charge in [-0.25, -0.2) is 13.4 Å². The van der Waals surface area contributed by atoms with Gasteiger partial charge in [-0.05, 0) is 20.0 Å². The van der Waals surface area contributed by atoms with E-state index in [9.17, 15) is 8.42 Å². The second-order valence-electron chi connectivity index (χ2n) is 6.60. The van der Waals surface area contributed by atoms with Gasteiger partial charge in [-0.2, -0.15) is 0 Å². The van der Waals surface area contributed by atoms with E-state index >= 15 is 0 Å². The van der Waals surface area contributed by atoms with Crippen molar-refractivity contribution in [2.45, 2.75) is 38.8 Å². The average Bonchev–Trinajstić information content (AvgIpc) is 3.04. The summed E-state index contributed by atoms with van der Waals surface area (Å²) in [4.78, 5) is 8.80. The zero-order chi connectivity index (χ0) is 16.3. The van der Waals surface area contributed by atoms with Crippen LogP contribution in [0.5, 0.6) is 0 Å². The molecule has 2 rings (SSSR count). The molecule has 1 aromatic rings. The maximum absolute atomic E-state index is 11.2. The number of likely N-dealkylation sites (tertiary alicyclic amines) is 1. The van der Waals surface area contributed by atoms with Crippen LogP contribution in [0.3, 0.4) is 0 Å². The maximum atomic E-state index is 11.2. The molecule has 1 aliphatic heterocycles. The van der Waals surface area contributed by atoms with E-state index in [2.05, 4.69) is 35.7 Å². The summed E-state index contributed by atoms with van der Waals surface area (Å²) in [5.41, 5.74) is 0. The molecule has 0 amide bonds. The van der Waals surface area contributed by atoms with E-state index in [1.165, 1.54) is 6.26 Å². The zero-order valence-electron chi connectivity index (χ0n) is 13.9. The Hall–Kier alpha value is -0.920. The summed E-state index contributed by atoms with van der Waals surface area (Å²) in [6, 6.07) is 0.425. The molecule has 1 saturated heterocycles. The zero-order valence-corrected chi connectivity index (χ0v) is 14.8. The highest BCUT2D eigenvalue weighted by Gasteiger charge is 2.26. The Morgan fingerprint density at radius 1 is 1.50 bits per heavy atom. The quantitative estimate of drug-likeness (QED) is 0.752. The molecule has 1 atom stereocenters. The van der Waals surface area contributed by atoms with Crippen molar-refractivity contribution in [1.29, 1.82) is 0 Å². The Labute approximate surface area is 133 Å². The molecule has 0 N–H and O–H groups in total. The van der Waals surface area contributed by atoms with Crippen molar-refractivity contribution >= 4 is 9.84 Å². The Morgan fingerprint density at radius 3 is 2.82 bits per heavy atom. The summed E-state index contributed by atoms with van der Waals surface area (Å²) < 4.78 is 28.2. The first-order chi connectivity index (χ1) is 10.2. The summed E-state index contributed by atoms with van der Waals surface area (Å²) in [6.45, 7) is 7.35. The number of oxazole rings is 1. The van der Waals surface area contributed by atoms with Crippen molar-refractivity contribution in [3.8, 4) is 0 Å². The molecule has 6 nitrogen and oxygen atoms in total. The predicted molar refractivity (Wildman–Crippen MR) is 86.6 cm³/mol. The summed E-state index contributed by atoms with van der Waals surface area (Å²) >= 11 is 0. The molecular weight excluding hydrogens is 302 g/mol. The lowest BCUT2D eigenvalue weighted by molar-refractivity contribution is 0.207. The van der Waals surface area contributed by atoms with Gasteiger partial charge in [0.2, 0.25) is 5.89 Å². The SMILES string of the molecule is CC(C)c1cnc(CN(C)[C@H]2CCN(CCS(C)(=O)=O)C2)o1. The van der Waals surface area contributed by atoms with Crippen LogP contribution in [0.4, 0.5) is 0 Å². The third-order valence-corrected chi connectivity index (χ3v) is 5.10. The molecule has 1 aliphatic rings. The third kappa shape index (κ3) is 5.07. The van der Waals surface area contributed by atoms with Crippen LogP contribution >= 0.6 is 0 Å². The molecule has 0 aromatic carbocycles. The van der Waals surface area contributed by atoms with Crippen LogP contribution < -0.4 is 0 Å². The highest BCUT2D eigenvalue weighted by atomic mass is 32.2. The van der Waals surface area contributed by atoms with Crippen LogP contribution in [0.15, 0.2) is 10.6 Å². The van der Waals surface area contributed by atoms with E-state index in [4.69, 9.17) is 4.42 Å². The van der Waals surface area contributed by atoms with Gasteiger partial charge in [0, 0.05) is 31.3 Å².